The summed E-state index contributed by atoms with van der Waals surface area (Å²) in [6, 6.07) is 4.41. The van der Waals surface area contributed by atoms with E-state index in [1.54, 1.807) is 0 Å². The lowest BCUT2D eigenvalue weighted by Crippen LogP contribution is -2.44. The SMILES string of the molecule is O=C(CN1CCCC(O)C1)NCCOc1ccc(C(F)(F)F)cc1. The molecule has 1 amide bonds. The molecular weight excluding hydrogens is 325 g/mol. The number of hydrogen-bond acceptors (Lipinski definition) is 4. The number of amides is 1. The highest BCUT2D eigenvalue weighted by Gasteiger charge is 2.30. The van der Waals surface area contributed by atoms with Gasteiger partial charge in [-0.05, 0) is 43.7 Å². The Morgan fingerprint density at radius 2 is 2.04 bits per heavy atom. The zero-order valence-corrected chi connectivity index (χ0v) is 13.2. The van der Waals surface area contributed by atoms with Crippen molar-refractivity contribution in [2.75, 3.05) is 32.8 Å². The van der Waals surface area contributed by atoms with Gasteiger partial charge in [0.25, 0.3) is 0 Å². The summed E-state index contributed by atoms with van der Waals surface area (Å²) in [5.74, 6) is 0.150. The number of carbonyl (C=O) groups excluding carboxylic acids is 1. The topological polar surface area (TPSA) is 61.8 Å². The van der Waals surface area contributed by atoms with Crippen LogP contribution in [0, 0.1) is 0 Å². The van der Waals surface area contributed by atoms with Crippen LogP contribution in [0.2, 0.25) is 0 Å². The molecule has 1 fully saturated rings. The maximum absolute atomic E-state index is 12.4. The number of carbonyl (C=O) groups is 1. The van der Waals surface area contributed by atoms with E-state index in [2.05, 4.69) is 5.32 Å². The van der Waals surface area contributed by atoms with Gasteiger partial charge in [0.15, 0.2) is 0 Å². The van der Waals surface area contributed by atoms with E-state index >= 15 is 0 Å². The second-order valence-corrected chi connectivity index (χ2v) is 5.75. The van der Waals surface area contributed by atoms with Crippen molar-refractivity contribution in [2.24, 2.45) is 0 Å². The lowest BCUT2D eigenvalue weighted by molar-refractivity contribution is -0.137. The average molecular weight is 346 g/mol. The minimum atomic E-state index is -4.37. The number of hydrogen-bond donors (Lipinski definition) is 2. The van der Waals surface area contributed by atoms with Gasteiger partial charge in [0.1, 0.15) is 12.4 Å². The standard InChI is InChI=1S/C16H21F3N2O3/c17-16(18,19)12-3-5-14(6-4-12)24-9-7-20-15(23)11-21-8-1-2-13(22)10-21/h3-6,13,22H,1-2,7-11H2,(H,20,23). The summed E-state index contributed by atoms with van der Waals surface area (Å²) in [5.41, 5.74) is -0.730. The Bertz CT molecular complexity index is 534. The first-order valence-corrected chi connectivity index (χ1v) is 7.82. The highest BCUT2D eigenvalue weighted by atomic mass is 19.4. The number of alkyl halides is 3. The second kappa shape index (κ2) is 8.34. The molecule has 1 aliphatic rings. The molecule has 2 N–H and O–H groups in total. The predicted octanol–water partition coefficient (Wildman–Crippen LogP) is 1.66. The van der Waals surface area contributed by atoms with Crippen molar-refractivity contribution in [2.45, 2.75) is 25.1 Å². The van der Waals surface area contributed by atoms with Gasteiger partial charge in [-0.15, -0.1) is 0 Å². The van der Waals surface area contributed by atoms with Crippen LogP contribution in [0.1, 0.15) is 18.4 Å². The van der Waals surface area contributed by atoms with Gasteiger partial charge in [-0.25, -0.2) is 0 Å². The van der Waals surface area contributed by atoms with Crippen molar-refractivity contribution in [1.82, 2.24) is 10.2 Å². The third-order valence-electron chi connectivity index (χ3n) is 3.72. The van der Waals surface area contributed by atoms with E-state index in [-0.39, 0.29) is 31.7 Å². The molecule has 0 bridgehead atoms. The fourth-order valence-electron chi connectivity index (χ4n) is 2.53. The number of nitrogens with one attached hydrogen (secondary N) is 1. The van der Waals surface area contributed by atoms with E-state index in [1.807, 2.05) is 4.90 Å². The number of halogens is 3. The number of ether oxygens (including phenoxy) is 1. The van der Waals surface area contributed by atoms with Gasteiger partial charge >= 0.3 is 6.18 Å². The smallest absolute Gasteiger partial charge is 0.416 e. The second-order valence-electron chi connectivity index (χ2n) is 5.75. The molecular formula is C16H21F3N2O3. The molecule has 1 aromatic rings. The van der Waals surface area contributed by atoms with Crippen LogP contribution in [-0.4, -0.2) is 54.8 Å². The van der Waals surface area contributed by atoms with Gasteiger partial charge < -0.3 is 15.2 Å². The van der Waals surface area contributed by atoms with E-state index in [4.69, 9.17) is 4.74 Å². The Morgan fingerprint density at radius 1 is 1.33 bits per heavy atom. The number of β-amino-alcohol motifs (C(OH)–C–C–N with tert-alkyl or cyclic N) is 1. The molecule has 1 aliphatic heterocycles. The molecule has 24 heavy (non-hydrogen) atoms. The van der Waals surface area contributed by atoms with Crippen molar-refractivity contribution in [3.63, 3.8) is 0 Å². The van der Waals surface area contributed by atoms with Crippen molar-refractivity contribution in [3.8, 4) is 5.75 Å². The summed E-state index contributed by atoms with van der Waals surface area (Å²) >= 11 is 0. The molecule has 0 radical (unpaired) electrons. The van der Waals surface area contributed by atoms with Crippen LogP contribution < -0.4 is 10.1 Å². The maximum atomic E-state index is 12.4. The van der Waals surface area contributed by atoms with Crippen molar-refractivity contribution >= 4 is 5.91 Å². The molecule has 0 aromatic heterocycles. The fraction of sp³-hybridized carbons (Fsp3) is 0.562. The summed E-state index contributed by atoms with van der Waals surface area (Å²) < 4.78 is 42.6. The molecule has 2 rings (SSSR count). The summed E-state index contributed by atoms with van der Waals surface area (Å²) in [4.78, 5) is 13.7. The minimum absolute atomic E-state index is 0.166. The van der Waals surface area contributed by atoms with Gasteiger partial charge in [0.05, 0.1) is 24.8 Å². The molecule has 0 saturated carbocycles. The van der Waals surface area contributed by atoms with E-state index in [9.17, 15) is 23.1 Å². The van der Waals surface area contributed by atoms with Crippen molar-refractivity contribution < 1.29 is 27.8 Å². The number of rotatable bonds is 6. The third-order valence-corrected chi connectivity index (χ3v) is 3.72. The molecule has 134 valence electrons. The third kappa shape index (κ3) is 6.01. The monoisotopic (exact) mass is 346 g/mol. The van der Waals surface area contributed by atoms with Gasteiger partial charge in [0, 0.05) is 6.54 Å². The van der Waals surface area contributed by atoms with Crippen LogP contribution in [0.3, 0.4) is 0 Å². The molecule has 8 heteroatoms. The first-order chi connectivity index (χ1) is 11.3. The zero-order valence-electron chi connectivity index (χ0n) is 13.2. The van der Waals surface area contributed by atoms with Crippen LogP contribution >= 0.6 is 0 Å². The Labute approximate surface area is 138 Å². The number of likely N-dealkylation sites (tertiary alicyclic amines) is 1. The maximum Gasteiger partial charge on any atom is 0.416 e. The first kappa shape index (κ1) is 18.5. The van der Waals surface area contributed by atoms with Crippen molar-refractivity contribution in [3.05, 3.63) is 29.8 Å². The molecule has 0 aliphatic carbocycles. The molecule has 5 nitrogen and oxygen atoms in total. The summed E-state index contributed by atoms with van der Waals surface area (Å²) in [5, 5.41) is 12.2. The Balaban J connectivity index is 1.64. The highest BCUT2D eigenvalue weighted by Crippen LogP contribution is 2.30. The van der Waals surface area contributed by atoms with E-state index in [0.717, 1.165) is 31.5 Å². The first-order valence-electron chi connectivity index (χ1n) is 7.82. The van der Waals surface area contributed by atoms with Crippen molar-refractivity contribution in [1.29, 1.82) is 0 Å². The average Bonchev–Trinajstić information content (AvgIpc) is 2.51. The summed E-state index contributed by atoms with van der Waals surface area (Å²) in [6.07, 6.45) is -3.12. The molecule has 1 heterocycles. The van der Waals surface area contributed by atoms with E-state index in [0.29, 0.717) is 12.3 Å². The lowest BCUT2D eigenvalue weighted by atomic mass is 10.1. The van der Waals surface area contributed by atoms with Crippen LogP contribution in [0.15, 0.2) is 24.3 Å². The van der Waals surface area contributed by atoms with Gasteiger partial charge in [0.2, 0.25) is 5.91 Å². The molecule has 1 unspecified atom stereocenters. The van der Waals surface area contributed by atoms with Gasteiger partial charge in [-0.1, -0.05) is 0 Å². The number of benzene rings is 1. The fourth-order valence-corrected chi connectivity index (χ4v) is 2.53. The summed E-state index contributed by atoms with van der Waals surface area (Å²) in [7, 11) is 0. The number of aliphatic hydroxyl groups excluding tert-OH is 1. The summed E-state index contributed by atoms with van der Waals surface area (Å²) in [6.45, 7) is 1.93. The molecule has 1 saturated heterocycles. The predicted molar refractivity (Wildman–Crippen MR) is 81.6 cm³/mol. The molecule has 1 atom stereocenters. The quantitative estimate of drug-likeness (QED) is 0.769. The Hall–Kier alpha value is -1.80. The molecule has 1 aromatic carbocycles. The molecule has 0 spiro atoms. The van der Waals surface area contributed by atoms with Crippen LogP contribution in [0.5, 0.6) is 5.75 Å². The van der Waals surface area contributed by atoms with Crippen LogP contribution in [0.25, 0.3) is 0 Å². The Kier molecular flexibility index (Phi) is 6.44. The highest BCUT2D eigenvalue weighted by molar-refractivity contribution is 5.78. The van der Waals surface area contributed by atoms with Gasteiger partial charge in [-0.2, -0.15) is 13.2 Å². The van der Waals surface area contributed by atoms with E-state index < -0.39 is 11.7 Å². The Morgan fingerprint density at radius 3 is 2.67 bits per heavy atom. The van der Waals surface area contributed by atoms with E-state index in [1.165, 1.54) is 12.1 Å². The normalized spacial score (nSPS) is 19.1. The van der Waals surface area contributed by atoms with Crippen LogP contribution in [-0.2, 0) is 11.0 Å². The van der Waals surface area contributed by atoms with Crippen LogP contribution in [0.4, 0.5) is 13.2 Å². The van der Waals surface area contributed by atoms with Gasteiger partial charge in [-0.3, -0.25) is 9.69 Å². The lowest BCUT2D eigenvalue weighted by Gasteiger charge is -2.29. The number of nitrogens with zero attached hydrogens (tertiary/aromatic N) is 1. The zero-order chi connectivity index (χ0) is 17.6. The number of aliphatic hydroxyl groups is 1. The minimum Gasteiger partial charge on any atom is -0.492 e. The number of piperidine rings is 1. The largest absolute Gasteiger partial charge is 0.492 e.